The second kappa shape index (κ2) is 8.41. The van der Waals surface area contributed by atoms with Crippen LogP contribution >= 0.6 is 23.2 Å². The molecule has 2 fully saturated rings. The van der Waals surface area contributed by atoms with Crippen molar-refractivity contribution < 1.29 is 18.7 Å². The lowest BCUT2D eigenvalue weighted by Crippen LogP contribution is -2.41. The Bertz CT molecular complexity index is 912. The van der Waals surface area contributed by atoms with Gasteiger partial charge >= 0.3 is 5.97 Å². The number of nitrogens with zero attached hydrogens (tertiary/aromatic N) is 1. The zero-order valence-corrected chi connectivity index (χ0v) is 17.6. The molecular weight excluding hydrogens is 416 g/mol. The Morgan fingerprint density at radius 2 is 1.83 bits per heavy atom. The second-order valence-electron chi connectivity index (χ2n) is 7.59. The first-order chi connectivity index (χ1) is 13.9. The molecule has 0 amide bonds. The number of piperidine rings is 1. The number of hydrogen-bond acceptors (Lipinski definition) is 4. The molecule has 1 saturated heterocycles. The van der Waals surface area contributed by atoms with Crippen LogP contribution in [-0.2, 0) is 4.74 Å². The van der Waals surface area contributed by atoms with E-state index in [0.717, 1.165) is 43.5 Å². The Morgan fingerprint density at radius 3 is 2.48 bits per heavy atom. The molecule has 0 aromatic heterocycles. The van der Waals surface area contributed by atoms with Crippen LogP contribution in [0.1, 0.15) is 47.5 Å². The third kappa shape index (κ3) is 4.62. The number of rotatable bonds is 5. The fourth-order valence-corrected chi connectivity index (χ4v) is 4.34. The minimum absolute atomic E-state index is 0.0411. The predicted octanol–water partition coefficient (Wildman–Crippen LogP) is 5.84. The number of carbonyl (C=O) groups excluding carboxylic acids is 1. The Kier molecular flexibility index (Phi) is 5.88. The van der Waals surface area contributed by atoms with Crippen molar-refractivity contribution in [2.24, 2.45) is 0 Å². The summed E-state index contributed by atoms with van der Waals surface area (Å²) in [5.74, 6) is -0.461. The van der Waals surface area contributed by atoms with Crippen molar-refractivity contribution in [3.8, 4) is 5.75 Å². The molecule has 0 N–H and O–H groups in total. The summed E-state index contributed by atoms with van der Waals surface area (Å²) in [6, 6.07) is 8.39. The summed E-state index contributed by atoms with van der Waals surface area (Å²) in [6.07, 6.45) is 3.74. The van der Waals surface area contributed by atoms with Crippen molar-refractivity contribution >= 4 is 34.9 Å². The van der Waals surface area contributed by atoms with E-state index < -0.39 is 11.8 Å². The van der Waals surface area contributed by atoms with Gasteiger partial charge < -0.3 is 14.4 Å². The predicted molar refractivity (Wildman–Crippen MR) is 112 cm³/mol. The molecule has 0 bridgehead atoms. The number of halogens is 3. The lowest BCUT2D eigenvalue weighted by molar-refractivity contribution is 0.0595. The van der Waals surface area contributed by atoms with E-state index in [1.54, 1.807) is 12.1 Å². The average Bonchev–Trinajstić information content (AvgIpc) is 3.52. The number of hydrogen-bond donors (Lipinski definition) is 0. The Balaban J connectivity index is 1.55. The molecule has 1 aliphatic carbocycles. The molecule has 2 aliphatic rings. The maximum Gasteiger partial charge on any atom is 0.340 e. The van der Waals surface area contributed by atoms with Gasteiger partial charge in [-0.05, 0) is 61.4 Å². The highest BCUT2D eigenvalue weighted by molar-refractivity contribution is 6.35. The summed E-state index contributed by atoms with van der Waals surface area (Å²) < 4.78 is 25.5. The lowest BCUT2D eigenvalue weighted by atomic mass is 10.0. The van der Waals surface area contributed by atoms with Crippen LogP contribution in [0.25, 0.3) is 0 Å². The number of carbonyl (C=O) groups is 1. The molecule has 1 aliphatic heterocycles. The third-order valence-corrected chi connectivity index (χ3v) is 5.84. The molecule has 2 aromatic carbocycles. The molecule has 0 radical (unpaired) electrons. The van der Waals surface area contributed by atoms with Crippen LogP contribution in [0.2, 0.25) is 10.0 Å². The monoisotopic (exact) mass is 437 g/mol. The minimum atomic E-state index is -0.669. The zero-order chi connectivity index (χ0) is 20.5. The van der Waals surface area contributed by atoms with Gasteiger partial charge in [0.1, 0.15) is 17.7 Å². The fourth-order valence-electron chi connectivity index (χ4n) is 3.82. The number of anilines is 1. The first kappa shape index (κ1) is 20.3. The van der Waals surface area contributed by atoms with Gasteiger partial charge in [0.25, 0.3) is 0 Å². The molecule has 4 nitrogen and oxygen atoms in total. The maximum absolute atomic E-state index is 14.5. The molecule has 154 valence electrons. The second-order valence-corrected chi connectivity index (χ2v) is 8.46. The van der Waals surface area contributed by atoms with E-state index in [9.17, 15) is 9.18 Å². The van der Waals surface area contributed by atoms with Gasteiger partial charge in [0.05, 0.1) is 19.2 Å². The van der Waals surface area contributed by atoms with E-state index >= 15 is 0 Å². The molecule has 1 saturated carbocycles. The van der Waals surface area contributed by atoms with E-state index in [1.165, 1.54) is 13.2 Å². The molecule has 0 spiro atoms. The molecule has 7 heteroatoms. The van der Waals surface area contributed by atoms with Gasteiger partial charge in [-0.1, -0.05) is 23.2 Å². The van der Waals surface area contributed by atoms with Gasteiger partial charge in [-0.2, -0.15) is 0 Å². The smallest absolute Gasteiger partial charge is 0.340 e. The van der Waals surface area contributed by atoms with Crippen molar-refractivity contribution in [2.75, 3.05) is 25.1 Å². The summed E-state index contributed by atoms with van der Waals surface area (Å²) in [5.41, 5.74) is 1.79. The number of benzene rings is 2. The van der Waals surface area contributed by atoms with Crippen molar-refractivity contribution in [2.45, 2.75) is 37.7 Å². The van der Waals surface area contributed by atoms with Crippen LogP contribution in [-0.4, -0.2) is 32.3 Å². The van der Waals surface area contributed by atoms with Crippen molar-refractivity contribution in [1.82, 2.24) is 0 Å². The third-order valence-electron chi connectivity index (χ3n) is 5.41. The normalized spacial score (nSPS) is 19.2. The summed E-state index contributed by atoms with van der Waals surface area (Å²) in [7, 11) is 1.25. The van der Waals surface area contributed by atoms with Crippen LogP contribution in [0.5, 0.6) is 5.75 Å². The van der Waals surface area contributed by atoms with Crippen LogP contribution in [0.15, 0.2) is 30.3 Å². The Labute approximate surface area is 179 Å². The quantitative estimate of drug-likeness (QED) is 0.550. The van der Waals surface area contributed by atoms with Crippen molar-refractivity contribution in [1.29, 1.82) is 0 Å². The van der Waals surface area contributed by atoms with Gasteiger partial charge in [-0.25, -0.2) is 9.18 Å². The largest absolute Gasteiger partial charge is 0.488 e. The maximum atomic E-state index is 14.5. The van der Waals surface area contributed by atoms with E-state index in [-0.39, 0.29) is 11.7 Å². The topological polar surface area (TPSA) is 38.8 Å². The highest BCUT2D eigenvalue weighted by atomic mass is 35.5. The SMILES string of the molecule is COC(=O)c1cc(C2CC2)c(OC2CCCN(c3cc(Cl)cc(Cl)c3)C2)cc1F. The molecule has 1 atom stereocenters. The van der Waals surface area contributed by atoms with Gasteiger partial charge in [0, 0.05) is 28.3 Å². The molecular formula is C22H22Cl2FNO3. The zero-order valence-electron chi connectivity index (χ0n) is 16.1. The molecule has 2 aromatic rings. The number of ether oxygens (including phenoxy) is 2. The Morgan fingerprint density at radius 1 is 1.10 bits per heavy atom. The fraction of sp³-hybridized carbons (Fsp3) is 0.409. The first-order valence-electron chi connectivity index (χ1n) is 9.74. The van der Waals surface area contributed by atoms with Gasteiger partial charge in [-0.15, -0.1) is 0 Å². The average molecular weight is 438 g/mol. The molecule has 4 rings (SSSR count). The van der Waals surface area contributed by atoms with Crippen LogP contribution in [0.4, 0.5) is 10.1 Å². The number of esters is 1. The molecule has 1 heterocycles. The summed E-state index contributed by atoms with van der Waals surface area (Å²) in [5, 5.41) is 1.18. The summed E-state index contributed by atoms with van der Waals surface area (Å²) in [6.45, 7) is 1.53. The van der Waals surface area contributed by atoms with Crippen molar-refractivity contribution in [3.63, 3.8) is 0 Å². The van der Waals surface area contributed by atoms with Crippen LogP contribution in [0.3, 0.4) is 0 Å². The standard InChI is InChI=1S/C22H22Cl2FNO3/c1-28-22(27)19-10-18(13-4-5-13)21(11-20(19)25)29-17-3-2-6-26(12-17)16-8-14(23)7-15(24)9-16/h7-11,13,17H,2-6,12H2,1H3. The van der Waals surface area contributed by atoms with E-state index in [0.29, 0.717) is 28.3 Å². The summed E-state index contributed by atoms with van der Waals surface area (Å²) in [4.78, 5) is 14.0. The van der Waals surface area contributed by atoms with E-state index in [1.807, 2.05) is 12.1 Å². The number of methoxy groups -OCH3 is 1. The lowest BCUT2D eigenvalue weighted by Gasteiger charge is -2.35. The van der Waals surface area contributed by atoms with Gasteiger partial charge in [0.2, 0.25) is 0 Å². The van der Waals surface area contributed by atoms with E-state index in [2.05, 4.69) is 4.90 Å². The summed E-state index contributed by atoms with van der Waals surface area (Å²) >= 11 is 12.3. The van der Waals surface area contributed by atoms with Crippen molar-refractivity contribution in [3.05, 3.63) is 57.3 Å². The van der Waals surface area contributed by atoms with E-state index in [4.69, 9.17) is 32.7 Å². The first-order valence-corrected chi connectivity index (χ1v) is 10.5. The molecule has 29 heavy (non-hydrogen) atoms. The van der Waals surface area contributed by atoms with Gasteiger partial charge in [0.15, 0.2) is 0 Å². The minimum Gasteiger partial charge on any atom is -0.488 e. The highest BCUT2D eigenvalue weighted by Crippen LogP contribution is 2.45. The molecule has 1 unspecified atom stereocenters. The van der Waals surface area contributed by atoms with Crippen LogP contribution < -0.4 is 9.64 Å². The highest BCUT2D eigenvalue weighted by Gasteiger charge is 2.31. The van der Waals surface area contributed by atoms with Crippen LogP contribution in [0, 0.1) is 5.82 Å². The van der Waals surface area contributed by atoms with Gasteiger partial charge in [-0.3, -0.25) is 0 Å². The Hall–Kier alpha value is -1.98.